The molecule has 1 atom stereocenters. The van der Waals surface area contributed by atoms with Gasteiger partial charge in [-0.05, 0) is 28.3 Å². The van der Waals surface area contributed by atoms with Gasteiger partial charge in [-0.25, -0.2) is 0 Å². The molecule has 0 amide bonds. The van der Waals surface area contributed by atoms with Gasteiger partial charge in [0.2, 0.25) is 0 Å². The van der Waals surface area contributed by atoms with E-state index < -0.39 is 8.32 Å². The molecule has 3 heteroatoms. The Morgan fingerprint density at radius 3 is 1.88 bits per heavy atom. The van der Waals surface area contributed by atoms with Crippen LogP contribution in [-0.4, -0.2) is 20.2 Å². The average Bonchev–Trinajstić information content (AvgIpc) is 2.60. The van der Waals surface area contributed by atoms with Crippen LogP contribution in [0.2, 0.25) is 5.04 Å². The predicted octanol–water partition coefficient (Wildman–Crippen LogP) is 4.07. The van der Waals surface area contributed by atoms with E-state index in [4.69, 9.17) is 4.43 Å². The molecule has 0 spiro atoms. The third kappa shape index (κ3) is 3.63. The highest BCUT2D eigenvalue weighted by atomic mass is 28.4. The average molecular weight is 353 g/mol. The van der Waals surface area contributed by atoms with Crippen LogP contribution >= 0.6 is 0 Å². The lowest BCUT2D eigenvalue weighted by Crippen LogP contribution is -2.67. The Bertz CT molecular complexity index is 664. The summed E-state index contributed by atoms with van der Waals surface area (Å²) >= 11 is 0. The second kappa shape index (κ2) is 7.26. The maximum absolute atomic E-state index is 12.0. The van der Waals surface area contributed by atoms with Gasteiger partial charge in [-0.1, -0.05) is 81.4 Å². The zero-order valence-corrected chi connectivity index (χ0v) is 16.5. The highest BCUT2D eigenvalue weighted by Crippen LogP contribution is 2.38. The van der Waals surface area contributed by atoms with Crippen LogP contribution in [0.4, 0.5) is 0 Å². The molecule has 1 unspecified atom stereocenters. The first-order chi connectivity index (χ1) is 11.9. The summed E-state index contributed by atoms with van der Waals surface area (Å²) in [7, 11) is -2.52. The van der Waals surface area contributed by atoms with Crippen molar-refractivity contribution in [3.63, 3.8) is 0 Å². The van der Waals surface area contributed by atoms with Gasteiger partial charge in [0.25, 0.3) is 8.32 Å². The lowest BCUT2D eigenvalue weighted by Gasteiger charge is -2.45. The first kappa shape index (κ1) is 18.1. The number of benzene rings is 2. The third-order valence-corrected chi connectivity index (χ3v) is 10.3. The molecule has 0 aliphatic heterocycles. The van der Waals surface area contributed by atoms with Crippen LogP contribution in [0.1, 0.15) is 46.5 Å². The van der Waals surface area contributed by atoms with Gasteiger partial charge < -0.3 is 4.43 Å². The van der Waals surface area contributed by atoms with E-state index in [2.05, 4.69) is 81.4 Å². The number of hydrogen-bond donors (Lipinski definition) is 0. The summed E-state index contributed by atoms with van der Waals surface area (Å²) in [6.07, 6.45) is 3.23. The predicted molar refractivity (Wildman–Crippen MR) is 106 cm³/mol. The minimum Gasteiger partial charge on any atom is -0.404 e. The van der Waals surface area contributed by atoms with Gasteiger partial charge in [-0.3, -0.25) is 4.79 Å². The zero-order chi connectivity index (χ0) is 17.9. The van der Waals surface area contributed by atoms with Crippen molar-refractivity contribution in [2.75, 3.05) is 0 Å². The quantitative estimate of drug-likeness (QED) is 0.775. The topological polar surface area (TPSA) is 26.3 Å². The maximum Gasteiger partial charge on any atom is 0.261 e. The Morgan fingerprint density at radius 1 is 0.920 bits per heavy atom. The Hall–Kier alpha value is -1.71. The van der Waals surface area contributed by atoms with Gasteiger partial charge in [-0.15, -0.1) is 0 Å². The van der Waals surface area contributed by atoms with Crippen molar-refractivity contribution in [2.24, 2.45) is 0 Å². The van der Waals surface area contributed by atoms with Crippen molar-refractivity contribution >= 4 is 24.5 Å². The molecule has 0 radical (unpaired) electrons. The fourth-order valence-corrected chi connectivity index (χ4v) is 8.74. The number of hydrogen-bond acceptors (Lipinski definition) is 2. The summed E-state index contributed by atoms with van der Waals surface area (Å²) in [4.78, 5) is 12.0. The van der Waals surface area contributed by atoms with E-state index >= 15 is 0 Å². The lowest BCUT2D eigenvalue weighted by molar-refractivity contribution is -0.122. The van der Waals surface area contributed by atoms with E-state index in [1.54, 1.807) is 0 Å². The monoisotopic (exact) mass is 352 g/mol. The summed E-state index contributed by atoms with van der Waals surface area (Å²) in [5.74, 6) is 0.342. The van der Waals surface area contributed by atoms with Gasteiger partial charge in [0.1, 0.15) is 5.78 Å². The smallest absolute Gasteiger partial charge is 0.261 e. The van der Waals surface area contributed by atoms with E-state index in [1.807, 2.05) is 0 Å². The van der Waals surface area contributed by atoms with Crippen molar-refractivity contribution < 1.29 is 9.22 Å². The molecule has 0 aromatic heterocycles. The van der Waals surface area contributed by atoms with Crippen molar-refractivity contribution in [2.45, 2.75) is 57.6 Å². The second-order valence-corrected chi connectivity index (χ2v) is 12.3. The summed E-state index contributed by atoms with van der Waals surface area (Å²) in [6.45, 7) is 6.84. The highest BCUT2D eigenvalue weighted by molar-refractivity contribution is 6.99. The summed E-state index contributed by atoms with van der Waals surface area (Å²) in [5.41, 5.74) is 0. The fourth-order valence-electron chi connectivity index (χ4n) is 4.03. The third-order valence-electron chi connectivity index (χ3n) is 5.20. The van der Waals surface area contributed by atoms with E-state index in [0.717, 1.165) is 12.8 Å². The summed E-state index contributed by atoms with van der Waals surface area (Å²) in [6, 6.07) is 21.3. The molecule has 1 aliphatic carbocycles. The van der Waals surface area contributed by atoms with Crippen LogP contribution < -0.4 is 10.4 Å². The Balaban J connectivity index is 2.13. The molecule has 25 heavy (non-hydrogen) atoms. The Labute approximate surface area is 152 Å². The minimum absolute atomic E-state index is 0.0315. The summed E-state index contributed by atoms with van der Waals surface area (Å²) < 4.78 is 7.00. The molecule has 0 heterocycles. The number of carbonyl (C=O) groups is 1. The van der Waals surface area contributed by atoms with Gasteiger partial charge in [0.15, 0.2) is 0 Å². The van der Waals surface area contributed by atoms with Gasteiger partial charge in [0, 0.05) is 12.8 Å². The molecular weight excluding hydrogens is 324 g/mol. The molecule has 0 saturated heterocycles. The second-order valence-electron chi connectivity index (χ2n) is 8.04. The minimum atomic E-state index is -2.52. The van der Waals surface area contributed by atoms with Gasteiger partial charge in [-0.2, -0.15) is 0 Å². The molecule has 0 N–H and O–H groups in total. The van der Waals surface area contributed by atoms with Crippen LogP contribution in [0.25, 0.3) is 0 Å². The van der Waals surface area contributed by atoms with Crippen molar-refractivity contribution in [1.82, 2.24) is 0 Å². The van der Waals surface area contributed by atoms with Gasteiger partial charge in [0.05, 0.1) is 6.10 Å². The SMILES string of the molecule is CC(C)(C)[Si](OC1CCCC(=O)C1)(c1ccccc1)c1ccccc1. The Morgan fingerprint density at radius 2 is 1.44 bits per heavy atom. The van der Waals surface area contributed by atoms with Crippen LogP contribution in [0.5, 0.6) is 0 Å². The van der Waals surface area contributed by atoms with Crippen LogP contribution in [0.3, 0.4) is 0 Å². The number of Topliss-reactive ketones (excluding diaryl/α,β-unsaturated/α-hetero) is 1. The molecule has 1 saturated carbocycles. The standard InChI is InChI=1S/C22H28O2Si/c1-22(2,3)25(20-13-6-4-7-14-20,21-15-8-5-9-16-21)24-19-12-10-11-18(23)17-19/h4-9,13-16,19H,10-12,17H2,1-3H3. The fraction of sp³-hybridized carbons (Fsp3) is 0.409. The number of carbonyl (C=O) groups excluding carboxylic acids is 1. The lowest BCUT2D eigenvalue weighted by atomic mass is 9.97. The molecule has 132 valence electrons. The normalized spacial score (nSPS) is 19.0. The van der Waals surface area contributed by atoms with Crippen molar-refractivity contribution in [1.29, 1.82) is 0 Å². The van der Waals surface area contributed by atoms with E-state index in [0.29, 0.717) is 18.6 Å². The maximum atomic E-state index is 12.0. The first-order valence-corrected chi connectivity index (χ1v) is 11.1. The number of ketones is 1. The Kier molecular flexibility index (Phi) is 5.26. The number of rotatable bonds is 4. The van der Waals surface area contributed by atoms with Crippen molar-refractivity contribution in [3.05, 3.63) is 60.7 Å². The molecule has 3 rings (SSSR count). The van der Waals surface area contributed by atoms with Crippen LogP contribution in [-0.2, 0) is 9.22 Å². The molecule has 0 bridgehead atoms. The molecule has 2 nitrogen and oxygen atoms in total. The van der Waals surface area contributed by atoms with Crippen LogP contribution in [0, 0.1) is 0 Å². The van der Waals surface area contributed by atoms with Crippen molar-refractivity contribution in [3.8, 4) is 0 Å². The molecule has 2 aromatic rings. The molecule has 2 aromatic carbocycles. The summed E-state index contributed by atoms with van der Waals surface area (Å²) in [5, 5.41) is 2.54. The van der Waals surface area contributed by atoms with Gasteiger partial charge >= 0.3 is 0 Å². The molecule has 1 aliphatic rings. The zero-order valence-electron chi connectivity index (χ0n) is 15.5. The van der Waals surface area contributed by atoms with Crippen LogP contribution in [0.15, 0.2) is 60.7 Å². The first-order valence-electron chi connectivity index (χ1n) is 9.24. The van der Waals surface area contributed by atoms with E-state index in [1.165, 1.54) is 10.4 Å². The largest absolute Gasteiger partial charge is 0.404 e. The van der Waals surface area contributed by atoms with E-state index in [-0.39, 0.29) is 11.1 Å². The highest BCUT2D eigenvalue weighted by Gasteiger charge is 2.51. The molecule has 1 fully saturated rings. The molecular formula is C22H28O2Si. The van der Waals surface area contributed by atoms with E-state index in [9.17, 15) is 4.79 Å².